The first-order valence-corrected chi connectivity index (χ1v) is 8.67. The van der Waals surface area contributed by atoms with Gasteiger partial charge in [0.15, 0.2) is 0 Å². The first kappa shape index (κ1) is 16.8. The van der Waals surface area contributed by atoms with Crippen LogP contribution in [0.2, 0.25) is 0 Å². The monoisotopic (exact) mass is 287 g/mol. The van der Waals surface area contributed by atoms with E-state index in [1.807, 2.05) is 11.8 Å². The number of carbonyl (C=O) groups is 1. The van der Waals surface area contributed by atoms with Crippen molar-refractivity contribution >= 4 is 17.7 Å². The van der Waals surface area contributed by atoms with Crippen LogP contribution in [0.3, 0.4) is 0 Å². The molecule has 1 N–H and O–H groups in total. The highest BCUT2D eigenvalue weighted by atomic mass is 32.2. The molecule has 112 valence electrons. The van der Waals surface area contributed by atoms with Crippen molar-refractivity contribution in [3.63, 3.8) is 0 Å². The van der Waals surface area contributed by atoms with Gasteiger partial charge in [0.2, 0.25) is 0 Å². The molecule has 0 bridgehead atoms. The molecule has 0 saturated heterocycles. The molecule has 0 radical (unpaired) electrons. The summed E-state index contributed by atoms with van der Waals surface area (Å²) in [7, 11) is 1.51. The highest BCUT2D eigenvalue weighted by molar-refractivity contribution is 7.99. The Morgan fingerprint density at radius 3 is 2.63 bits per heavy atom. The predicted molar refractivity (Wildman–Crippen MR) is 82.5 cm³/mol. The maximum absolute atomic E-state index is 12.3. The average molecular weight is 287 g/mol. The summed E-state index contributed by atoms with van der Waals surface area (Å²) in [6, 6.07) is 0. The number of ether oxygens (including phenoxy) is 1. The molecule has 1 aliphatic rings. The largest absolute Gasteiger partial charge is 0.468 e. The van der Waals surface area contributed by atoms with Gasteiger partial charge in [-0.1, -0.05) is 27.2 Å². The first-order valence-electron chi connectivity index (χ1n) is 7.51. The number of methoxy groups -OCH3 is 1. The zero-order valence-corrected chi connectivity index (χ0v) is 13.6. The Balaban J connectivity index is 2.63. The molecule has 3 nitrogen and oxygen atoms in total. The van der Waals surface area contributed by atoms with Crippen molar-refractivity contribution < 1.29 is 9.53 Å². The smallest absolute Gasteiger partial charge is 0.327 e. The number of nitrogens with one attached hydrogen (secondary N) is 1. The summed E-state index contributed by atoms with van der Waals surface area (Å²) < 4.78 is 5.08. The van der Waals surface area contributed by atoms with Crippen LogP contribution < -0.4 is 5.32 Å². The minimum atomic E-state index is -0.442. The van der Waals surface area contributed by atoms with Crippen LogP contribution in [0.5, 0.6) is 0 Å². The fraction of sp³-hybridized carbons (Fsp3) is 0.933. The Hall–Kier alpha value is -0.220. The highest BCUT2D eigenvalue weighted by Gasteiger charge is 2.51. The molecule has 19 heavy (non-hydrogen) atoms. The second kappa shape index (κ2) is 8.15. The van der Waals surface area contributed by atoms with Crippen molar-refractivity contribution in [3.05, 3.63) is 0 Å². The van der Waals surface area contributed by atoms with E-state index in [9.17, 15) is 4.79 Å². The van der Waals surface area contributed by atoms with Crippen LogP contribution in [0.25, 0.3) is 0 Å². The second-order valence-electron chi connectivity index (χ2n) is 5.69. The van der Waals surface area contributed by atoms with Gasteiger partial charge in [-0.25, -0.2) is 0 Å². The number of hydrogen-bond acceptors (Lipinski definition) is 4. The molecule has 0 spiro atoms. The molecule has 1 saturated carbocycles. The van der Waals surface area contributed by atoms with Gasteiger partial charge in [0.1, 0.15) is 5.54 Å². The van der Waals surface area contributed by atoms with Crippen molar-refractivity contribution in [1.29, 1.82) is 0 Å². The summed E-state index contributed by atoms with van der Waals surface area (Å²) in [5.74, 6) is 3.08. The molecule has 2 unspecified atom stereocenters. The Labute approximate surface area is 122 Å². The number of hydrogen-bond donors (Lipinski definition) is 1. The maximum Gasteiger partial charge on any atom is 0.327 e. The first-order chi connectivity index (χ1) is 9.10. The van der Waals surface area contributed by atoms with Crippen molar-refractivity contribution in [2.24, 2.45) is 11.8 Å². The van der Waals surface area contributed by atoms with Crippen molar-refractivity contribution in [2.75, 3.05) is 25.2 Å². The van der Waals surface area contributed by atoms with E-state index >= 15 is 0 Å². The Kier molecular flexibility index (Phi) is 7.22. The number of rotatable bonds is 10. The maximum atomic E-state index is 12.3. The van der Waals surface area contributed by atoms with Gasteiger partial charge in [0.25, 0.3) is 0 Å². The van der Waals surface area contributed by atoms with E-state index in [-0.39, 0.29) is 5.97 Å². The average Bonchev–Trinajstić information content (AvgIpc) is 3.26. The van der Waals surface area contributed by atoms with E-state index in [2.05, 4.69) is 26.1 Å². The molecular weight excluding hydrogens is 258 g/mol. The van der Waals surface area contributed by atoms with E-state index in [0.29, 0.717) is 11.8 Å². The van der Waals surface area contributed by atoms with Crippen molar-refractivity contribution in [2.45, 2.75) is 52.0 Å². The zero-order chi connectivity index (χ0) is 14.3. The van der Waals surface area contributed by atoms with Crippen LogP contribution >= 0.6 is 11.8 Å². The van der Waals surface area contributed by atoms with E-state index in [1.54, 1.807) is 0 Å². The highest BCUT2D eigenvalue weighted by Crippen LogP contribution is 2.42. The summed E-state index contributed by atoms with van der Waals surface area (Å²) >= 11 is 1.89. The molecule has 0 aromatic rings. The van der Waals surface area contributed by atoms with Gasteiger partial charge in [-0.15, -0.1) is 0 Å². The molecule has 4 heteroatoms. The van der Waals surface area contributed by atoms with Crippen LogP contribution in [0.1, 0.15) is 46.5 Å². The zero-order valence-electron chi connectivity index (χ0n) is 12.8. The SMILES string of the molecule is CCCNC(CSCC(C)CC)(C(=O)OC)C1CC1. The van der Waals surface area contributed by atoms with Crippen LogP contribution in [0.15, 0.2) is 0 Å². The van der Waals surface area contributed by atoms with E-state index in [1.165, 1.54) is 13.5 Å². The minimum absolute atomic E-state index is 0.0694. The summed E-state index contributed by atoms with van der Waals surface area (Å²) in [6.07, 6.45) is 4.54. The third-order valence-electron chi connectivity index (χ3n) is 3.94. The Bertz CT molecular complexity index is 281. The normalized spacial score (nSPS) is 19.8. The minimum Gasteiger partial charge on any atom is -0.468 e. The molecular formula is C15H29NO2S. The Morgan fingerprint density at radius 1 is 1.47 bits per heavy atom. The van der Waals surface area contributed by atoms with Crippen LogP contribution in [-0.4, -0.2) is 36.7 Å². The molecule has 1 aliphatic carbocycles. The number of carbonyl (C=O) groups excluding carboxylic acids is 1. The van der Waals surface area contributed by atoms with Gasteiger partial charge in [-0.3, -0.25) is 4.79 Å². The fourth-order valence-corrected chi connectivity index (χ4v) is 3.79. The van der Waals surface area contributed by atoms with E-state index in [4.69, 9.17) is 4.74 Å². The Morgan fingerprint density at radius 2 is 2.16 bits per heavy atom. The molecule has 1 fully saturated rings. The summed E-state index contributed by atoms with van der Waals surface area (Å²) in [4.78, 5) is 12.3. The van der Waals surface area contributed by atoms with Gasteiger partial charge in [-0.05, 0) is 43.4 Å². The van der Waals surface area contributed by atoms with Crippen molar-refractivity contribution in [3.8, 4) is 0 Å². The topological polar surface area (TPSA) is 38.3 Å². The molecule has 0 aromatic carbocycles. The van der Waals surface area contributed by atoms with Gasteiger partial charge in [0.05, 0.1) is 7.11 Å². The van der Waals surface area contributed by atoms with Gasteiger partial charge in [0, 0.05) is 5.75 Å². The molecule has 2 atom stereocenters. The van der Waals surface area contributed by atoms with E-state index in [0.717, 1.165) is 37.3 Å². The lowest BCUT2D eigenvalue weighted by atomic mass is 9.95. The molecule has 0 heterocycles. The van der Waals surface area contributed by atoms with E-state index < -0.39 is 5.54 Å². The predicted octanol–water partition coefficient (Wildman–Crippen LogP) is 3.09. The molecule has 0 aromatic heterocycles. The lowest BCUT2D eigenvalue weighted by Crippen LogP contribution is -2.57. The third kappa shape index (κ3) is 4.67. The van der Waals surface area contributed by atoms with Gasteiger partial charge in [-0.2, -0.15) is 11.8 Å². The molecule has 0 amide bonds. The lowest BCUT2D eigenvalue weighted by molar-refractivity contribution is -0.148. The third-order valence-corrected chi connectivity index (χ3v) is 5.41. The number of thioether (sulfide) groups is 1. The van der Waals surface area contributed by atoms with Gasteiger partial charge >= 0.3 is 5.97 Å². The lowest BCUT2D eigenvalue weighted by Gasteiger charge is -2.32. The summed E-state index contributed by atoms with van der Waals surface area (Å²) in [6.45, 7) is 7.50. The summed E-state index contributed by atoms with van der Waals surface area (Å²) in [5, 5.41) is 3.49. The van der Waals surface area contributed by atoms with Crippen LogP contribution in [0.4, 0.5) is 0 Å². The molecule has 1 rings (SSSR count). The van der Waals surface area contributed by atoms with Gasteiger partial charge < -0.3 is 10.1 Å². The summed E-state index contributed by atoms with van der Waals surface area (Å²) in [5.41, 5.74) is -0.442. The standard InChI is InChI=1S/C15H29NO2S/c1-5-9-16-15(13-7-8-13,14(17)18-4)11-19-10-12(3)6-2/h12-13,16H,5-11H2,1-4H3. The fourth-order valence-electron chi connectivity index (χ4n) is 2.26. The quantitative estimate of drug-likeness (QED) is 0.627. The van der Waals surface area contributed by atoms with Crippen molar-refractivity contribution in [1.82, 2.24) is 5.32 Å². The molecule has 0 aliphatic heterocycles. The second-order valence-corrected chi connectivity index (χ2v) is 6.72. The van der Waals surface area contributed by atoms with Crippen LogP contribution in [-0.2, 0) is 9.53 Å². The van der Waals surface area contributed by atoms with Crippen LogP contribution in [0, 0.1) is 11.8 Å². The number of esters is 1.